The first kappa shape index (κ1) is 12.4. The second kappa shape index (κ2) is 5.14. The summed E-state index contributed by atoms with van der Waals surface area (Å²) in [6.07, 6.45) is 3.72. The fraction of sp³-hybridized carbons (Fsp3) is 0.727. The SMILES string of the molecule is COc1nc(NN)nc(NC2CCOC2C2CC2)n1. The summed E-state index contributed by atoms with van der Waals surface area (Å²) >= 11 is 0. The molecule has 2 unspecified atom stereocenters. The van der Waals surface area contributed by atoms with E-state index in [0.717, 1.165) is 13.0 Å². The summed E-state index contributed by atoms with van der Waals surface area (Å²) in [5.41, 5.74) is 2.40. The van der Waals surface area contributed by atoms with Gasteiger partial charge in [0, 0.05) is 6.61 Å². The molecule has 1 aliphatic heterocycles. The fourth-order valence-corrected chi connectivity index (χ4v) is 2.40. The molecule has 0 aromatic carbocycles. The highest BCUT2D eigenvalue weighted by Gasteiger charge is 2.40. The maximum Gasteiger partial charge on any atom is 0.322 e. The summed E-state index contributed by atoms with van der Waals surface area (Å²) in [6.45, 7) is 0.781. The molecule has 1 aromatic heterocycles. The van der Waals surface area contributed by atoms with Crippen molar-refractivity contribution in [1.82, 2.24) is 15.0 Å². The summed E-state index contributed by atoms with van der Waals surface area (Å²) in [4.78, 5) is 12.3. The monoisotopic (exact) mass is 266 g/mol. The Morgan fingerprint density at radius 3 is 2.68 bits per heavy atom. The van der Waals surface area contributed by atoms with Crippen molar-refractivity contribution in [3.8, 4) is 6.01 Å². The number of hydrogen-bond donors (Lipinski definition) is 3. The number of rotatable bonds is 5. The molecule has 1 aromatic rings. The van der Waals surface area contributed by atoms with Gasteiger partial charge in [-0.3, -0.25) is 5.43 Å². The van der Waals surface area contributed by atoms with Gasteiger partial charge in [-0.2, -0.15) is 15.0 Å². The predicted octanol–water partition coefficient (Wildman–Crippen LogP) is 0.145. The molecule has 2 atom stereocenters. The van der Waals surface area contributed by atoms with Crippen molar-refractivity contribution in [1.29, 1.82) is 0 Å². The van der Waals surface area contributed by atoms with Gasteiger partial charge in [0.25, 0.3) is 0 Å². The Labute approximate surface area is 111 Å². The van der Waals surface area contributed by atoms with Gasteiger partial charge < -0.3 is 14.8 Å². The Morgan fingerprint density at radius 1 is 1.21 bits per heavy atom. The molecule has 0 radical (unpaired) electrons. The number of methoxy groups -OCH3 is 1. The number of hydrazine groups is 1. The Bertz CT molecular complexity index is 431. The van der Waals surface area contributed by atoms with Crippen LogP contribution in [0.4, 0.5) is 11.9 Å². The molecule has 8 nitrogen and oxygen atoms in total. The van der Waals surface area contributed by atoms with E-state index < -0.39 is 0 Å². The van der Waals surface area contributed by atoms with Gasteiger partial charge >= 0.3 is 6.01 Å². The van der Waals surface area contributed by atoms with Crippen LogP contribution in [-0.4, -0.2) is 40.8 Å². The molecular weight excluding hydrogens is 248 g/mol. The Morgan fingerprint density at radius 2 is 2.00 bits per heavy atom. The molecule has 3 rings (SSSR count). The van der Waals surface area contributed by atoms with Crippen molar-refractivity contribution in [2.45, 2.75) is 31.4 Å². The Balaban J connectivity index is 1.74. The molecular formula is C11H18N6O2. The standard InChI is InChI=1S/C11H18N6O2/c1-18-11-15-9(14-10(16-11)17-12)13-7-4-5-19-8(7)6-2-3-6/h6-8H,2-5,12H2,1H3,(H2,13,14,15,16,17). The number of nitrogens with two attached hydrogens (primary N) is 1. The van der Waals surface area contributed by atoms with Gasteiger partial charge in [-0.25, -0.2) is 5.84 Å². The van der Waals surface area contributed by atoms with Crippen molar-refractivity contribution < 1.29 is 9.47 Å². The van der Waals surface area contributed by atoms with E-state index in [4.69, 9.17) is 15.3 Å². The van der Waals surface area contributed by atoms with E-state index in [2.05, 4.69) is 25.7 Å². The molecule has 0 spiro atoms. The smallest absolute Gasteiger partial charge is 0.322 e. The van der Waals surface area contributed by atoms with E-state index in [9.17, 15) is 0 Å². The largest absolute Gasteiger partial charge is 0.467 e. The lowest BCUT2D eigenvalue weighted by atomic mass is 10.1. The van der Waals surface area contributed by atoms with E-state index in [1.807, 2.05) is 0 Å². The van der Waals surface area contributed by atoms with Crippen LogP contribution >= 0.6 is 0 Å². The van der Waals surface area contributed by atoms with Gasteiger partial charge in [0.1, 0.15) is 0 Å². The van der Waals surface area contributed by atoms with Gasteiger partial charge in [-0.15, -0.1) is 0 Å². The maximum absolute atomic E-state index is 5.77. The highest BCUT2D eigenvalue weighted by molar-refractivity contribution is 5.36. The van der Waals surface area contributed by atoms with E-state index in [1.165, 1.54) is 20.0 Å². The second-order valence-corrected chi connectivity index (χ2v) is 4.83. The van der Waals surface area contributed by atoms with Crippen molar-refractivity contribution in [2.24, 2.45) is 11.8 Å². The summed E-state index contributed by atoms with van der Waals surface area (Å²) < 4.78 is 10.8. The zero-order valence-corrected chi connectivity index (χ0v) is 10.8. The van der Waals surface area contributed by atoms with E-state index in [0.29, 0.717) is 11.9 Å². The van der Waals surface area contributed by atoms with E-state index in [-0.39, 0.29) is 24.1 Å². The number of aromatic nitrogens is 3. The zero-order valence-electron chi connectivity index (χ0n) is 10.8. The Hall–Kier alpha value is -1.67. The zero-order chi connectivity index (χ0) is 13.2. The van der Waals surface area contributed by atoms with Crippen LogP contribution in [0.15, 0.2) is 0 Å². The quantitative estimate of drug-likeness (QED) is 0.510. The van der Waals surface area contributed by atoms with Crippen LogP contribution in [-0.2, 0) is 4.74 Å². The first-order valence-corrected chi connectivity index (χ1v) is 6.45. The minimum atomic E-state index is 0.229. The molecule has 1 saturated carbocycles. The molecule has 1 aliphatic carbocycles. The summed E-state index contributed by atoms with van der Waals surface area (Å²) in [5, 5.41) is 3.30. The minimum Gasteiger partial charge on any atom is -0.467 e. The van der Waals surface area contributed by atoms with Crippen LogP contribution in [0, 0.1) is 5.92 Å². The second-order valence-electron chi connectivity index (χ2n) is 4.83. The summed E-state index contributed by atoms with van der Waals surface area (Å²) in [7, 11) is 1.51. The molecule has 2 heterocycles. The van der Waals surface area contributed by atoms with Gasteiger partial charge in [0.15, 0.2) is 0 Å². The molecule has 1 saturated heterocycles. The molecule has 2 fully saturated rings. The molecule has 0 amide bonds. The third kappa shape index (κ3) is 2.69. The Kier molecular flexibility index (Phi) is 3.34. The molecule has 0 bridgehead atoms. The molecule has 19 heavy (non-hydrogen) atoms. The lowest BCUT2D eigenvalue weighted by Crippen LogP contribution is -2.32. The third-order valence-electron chi connectivity index (χ3n) is 3.46. The van der Waals surface area contributed by atoms with Crippen LogP contribution in [0.5, 0.6) is 6.01 Å². The fourth-order valence-electron chi connectivity index (χ4n) is 2.40. The van der Waals surface area contributed by atoms with Crippen molar-refractivity contribution in [3.63, 3.8) is 0 Å². The van der Waals surface area contributed by atoms with Crippen LogP contribution in [0.25, 0.3) is 0 Å². The first-order chi connectivity index (χ1) is 9.30. The van der Waals surface area contributed by atoms with Crippen LogP contribution in [0.1, 0.15) is 19.3 Å². The summed E-state index contributed by atoms with van der Waals surface area (Å²) in [6, 6.07) is 0.470. The van der Waals surface area contributed by atoms with Crippen LogP contribution in [0.3, 0.4) is 0 Å². The highest BCUT2D eigenvalue weighted by atomic mass is 16.5. The van der Waals surface area contributed by atoms with Crippen molar-refractivity contribution in [3.05, 3.63) is 0 Å². The molecule has 2 aliphatic rings. The van der Waals surface area contributed by atoms with Gasteiger partial charge in [-0.05, 0) is 25.2 Å². The topological polar surface area (TPSA) is 107 Å². The lowest BCUT2D eigenvalue weighted by molar-refractivity contribution is 0.0897. The average molecular weight is 266 g/mol. The summed E-state index contributed by atoms with van der Waals surface area (Å²) in [5.74, 6) is 6.74. The molecule has 104 valence electrons. The molecule has 4 N–H and O–H groups in total. The van der Waals surface area contributed by atoms with Crippen molar-refractivity contribution in [2.75, 3.05) is 24.5 Å². The van der Waals surface area contributed by atoms with Crippen LogP contribution in [0.2, 0.25) is 0 Å². The van der Waals surface area contributed by atoms with Gasteiger partial charge in [0.2, 0.25) is 11.9 Å². The van der Waals surface area contributed by atoms with E-state index >= 15 is 0 Å². The van der Waals surface area contributed by atoms with Gasteiger partial charge in [-0.1, -0.05) is 0 Å². The molecule has 8 heteroatoms. The third-order valence-corrected chi connectivity index (χ3v) is 3.46. The minimum absolute atomic E-state index is 0.229. The lowest BCUT2D eigenvalue weighted by Gasteiger charge is -2.19. The number of hydrogen-bond acceptors (Lipinski definition) is 8. The normalized spacial score (nSPS) is 26.2. The number of anilines is 2. The van der Waals surface area contributed by atoms with E-state index in [1.54, 1.807) is 0 Å². The number of nitrogens with one attached hydrogen (secondary N) is 2. The number of ether oxygens (including phenoxy) is 2. The predicted molar refractivity (Wildman–Crippen MR) is 68.7 cm³/mol. The van der Waals surface area contributed by atoms with Crippen molar-refractivity contribution >= 4 is 11.9 Å². The first-order valence-electron chi connectivity index (χ1n) is 6.45. The van der Waals surface area contributed by atoms with Gasteiger partial charge in [0.05, 0.1) is 19.3 Å². The number of nitrogens with zero attached hydrogens (tertiary/aromatic N) is 3. The maximum atomic E-state index is 5.77. The highest BCUT2D eigenvalue weighted by Crippen LogP contribution is 2.39. The average Bonchev–Trinajstić information content (AvgIpc) is 3.19. The van der Waals surface area contributed by atoms with Crippen LogP contribution < -0.4 is 21.3 Å². The number of nitrogen functional groups attached to an aromatic ring is 1.